The van der Waals surface area contributed by atoms with E-state index in [1.807, 2.05) is 18.2 Å². The Morgan fingerprint density at radius 2 is 1.95 bits per heavy atom. The lowest BCUT2D eigenvalue weighted by atomic mass is 9.80. The van der Waals surface area contributed by atoms with E-state index in [1.54, 1.807) is 7.11 Å². The Hall–Kier alpha value is -2.10. The van der Waals surface area contributed by atoms with Crippen LogP contribution in [0, 0.1) is 5.92 Å². The van der Waals surface area contributed by atoms with Crippen molar-refractivity contribution >= 4 is 16.9 Å². The summed E-state index contributed by atoms with van der Waals surface area (Å²) in [4.78, 5) is 15.7. The molecule has 1 N–H and O–H groups in total. The molecular formula is C17H19NO3. The Balaban J connectivity index is 1.80. The van der Waals surface area contributed by atoms with Crippen LogP contribution < -0.4 is 4.74 Å². The van der Waals surface area contributed by atoms with Crippen molar-refractivity contribution in [3.8, 4) is 5.75 Å². The third-order valence-corrected chi connectivity index (χ3v) is 4.41. The van der Waals surface area contributed by atoms with Gasteiger partial charge in [-0.15, -0.1) is 0 Å². The Bertz CT molecular complexity index is 660. The normalized spacial score (nSPS) is 22.1. The maximum Gasteiger partial charge on any atom is 0.306 e. The molecule has 0 aliphatic heterocycles. The molecule has 1 heterocycles. The van der Waals surface area contributed by atoms with Gasteiger partial charge in [0.2, 0.25) is 0 Å². The number of methoxy groups -OCH3 is 1. The molecule has 2 aromatic rings. The number of nitrogens with zero attached hydrogens (tertiary/aromatic N) is 1. The predicted molar refractivity (Wildman–Crippen MR) is 80.6 cm³/mol. The maximum atomic E-state index is 11.0. The molecule has 4 heteroatoms. The monoisotopic (exact) mass is 285 g/mol. The molecule has 0 spiro atoms. The molecular weight excluding hydrogens is 266 g/mol. The van der Waals surface area contributed by atoms with Crippen LogP contribution >= 0.6 is 0 Å². The number of carbonyl (C=O) groups is 1. The molecule has 1 fully saturated rings. The molecule has 0 bridgehead atoms. The van der Waals surface area contributed by atoms with Gasteiger partial charge in [0.25, 0.3) is 0 Å². The zero-order chi connectivity index (χ0) is 14.8. The number of carboxylic acids is 1. The molecule has 1 aromatic carbocycles. The number of hydrogen-bond donors (Lipinski definition) is 1. The van der Waals surface area contributed by atoms with Crippen molar-refractivity contribution in [1.82, 2.24) is 4.98 Å². The van der Waals surface area contributed by atoms with Gasteiger partial charge in [0.1, 0.15) is 5.75 Å². The quantitative estimate of drug-likeness (QED) is 0.936. The second kappa shape index (κ2) is 5.72. The minimum absolute atomic E-state index is 0.175. The third-order valence-electron chi connectivity index (χ3n) is 4.41. The summed E-state index contributed by atoms with van der Waals surface area (Å²) in [5.41, 5.74) is 2.05. The largest absolute Gasteiger partial charge is 0.497 e. The van der Waals surface area contributed by atoms with E-state index in [1.165, 1.54) is 0 Å². The minimum atomic E-state index is -0.660. The number of carboxylic acid groups (broad SMARTS) is 1. The first-order valence-electron chi connectivity index (χ1n) is 7.35. The molecule has 0 saturated heterocycles. The first-order chi connectivity index (χ1) is 10.2. The molecule has 110 valence electrons. The summed E-state index contributed by atoms with van der Waals surface area (Å²) >= 11 is 0. The second-order valence-electron chi connectivity index (χ2n) is 5.68. The Morgan fingerprint density at radius 1 is 1.19 bits per heavy atom. The highest BCUT2D eigenvalue weighted by molar-refractivity contribution is 5.80. The van der Waals surface area contributed by atoms with Gasteiger partial charge in [-0.3, -0.25) is 9.78 Å². The van der Waals surface area contributed by atoms with Crippen LogP contribution in [0.15, 0.2) is 30.3 Å². The number of rotatable bonds is 3. The molecule has 0 unspecified atom stereocenters. The summed E-state index contributed by atoms with van der Waals surface area (Å²) in [6.07, 6.45) is 3.32. The fraction of sp³-hybridized carbons (Fsp3) is 0.412. The van der Waals surface area contributed by atoms with Crippen LogP contribution in [0.25, 0.3) is 10.9 Å². The summed E-state index contributed by atoms with van der Waals surface area (Å²) in [5.74, 6) is 0.379. The third kappa shape index (κ3) is 2.84. The molecule has 0 atom stereocenters. The van der Waals surface area contributed by atoms with E-state index in [4.69, 9.17) is 14.8 Å². The average molecular weight is 285 g/mol. The van der Waals surface area contributed by atoms with Crippen molar-refractivity contribution in [2.75, 3.05) is 7.11 Å². The van der Waals surface area contributed by atoms with Crippen LogP contribution in [0.3, 0.4) is 0 Å². The summed E-state index contributed by atoms with van der Waals surface area (Å²) < 4.78 is 5.22. The van der Waals surface area contributed by atoms with Gasteiger partial charge >= 0.3 is 5.97 Å². The van der Waals surface area contributed by atoms with E-state index >= 15 is 0 Å². The van der Waals surface area contributed by atoms with Gasteiger partial charge in [0.15, 0.2) is 0 Å². The van der Waals surface area contributed by atoms with E-state index in [0.29, 0.717) is 5.92 Å². The highest BCUT2D eigenvalue weighted by Crippen LogP contribution is 2.35. The van der Waals surface area contributed by atoms with Crippen molar-refractivity contribution in [2.45, 2.75) is 31.6 Å². The second-order valence-corrected chi connectivity index (χ2v) is 5.68. The van der Waals surface area contributed by atoms with E-state index in [9.17, 15) is 4.79 Å². The molecule has 1 aliphatic carbocycles. The minimum Gasteiger partial charge on any atom is -0.497 e. The van der Waals surface area contributed by atoms with Crippen LogP contribution in [0.5, 0.6) is 5.75 Å². The fourth-order valence-electron chi connectivity index (χ4n) is 3.11. The van der Waals surface area contributed by atoms with Gasteiger partial charge in [0, 0.05) is 17.0 Å². The Morgan fingerprint density at radius 3 is 2.62 bits per heavy atom. The molecule has 1 aromatic heterocycles. The number of fused-ring (bicyclic) bond motifs is 1. The van der Waals surface area contributed by atoms with E-state index in [0.717, 1.165) is 48.0 Å². The van der Waals surface area contributed by atoms with Gasteiger partial charge in [0.05, 0.1) is 18.5 Å². The van der Waals surface area contributed by atoms with E-state index < -0.39 is 5.97 Å². The first-order valence-corrected chi connectivity index (χ1v) is 7.35. The van der Waals surface area contributed by atoms with Crippen LogP contribution in [0.4, 0.5) is 0 Å². The summed E-state index contributed by atoms with van der Waals surface area (Å²) in [7, 11) is 1.66. The number of aliphatic carboxylic acids is 1. The van der Waals surface area contributed by atoms with Crippen molar-refractivity contribution in [3.05, 3.63) is 36.0 Å². The zero-order valence-electron chi connectivity index (χ0n) is 12.1. The Labute approximate surface area is 123 Å². The van der Waals surface area contributed by atoms with Gasteiger partial charge in [-0.25, -0.2) is 0 Å². The number of benzene rings is 1. The lowest BCUT2D eigenvalue weighted by Gasteiger charge is -2.25. The maximum absolute atomic E-state index is 11.0. The molecule has 3 rings (SSSR count). The number of aromatic nitrogens is 1. The van der Waals surface area contributed by atoms with Gasteiger partial charge in [-0.05, 0) is 49.9 Å². The van der Waals surface area contributed by atoms with Crippen molar-refractivity contribution in [1.29, 1.82) is 0 Å². The topological polar surface area (TPSA) is 59.4 Å². The van der Waals surface area contributed by atoms with E-state index in [2.05, 4.69) is 12.1 Å². The number of ether oxygens (including phenoxy) is 1. The van der Waals surface area contributed by atoms with Gasteiger partial charge in [-0.2, -0.15) is 0 Å². The lowest BCUT2D eigenvalue weighted by Crippen LogP contribution is -2.20. The highest BCUT2D eigenvalue weighted by Gasteiger charge is 2.27. The number of pyridine rings is 1. The Kier molecular flexibility index (Phi) is 3.78. The fourth-order valence-corrected chi connectivity index (χ4v) is 3.11. The smallest absolute Gasteiger partial charge is 0.306 e. The van der Waals surface area contributed by atoms with E-state index in [-0.39, 0.29) is 5.92 Å². The van der Waals surface area contributed by atoms with Gasteiger partial charge in [-0.1, -0.05) is 6.07 Å². The van der Waals surface area contributed by atoms with Crippen molar-refractivity contribution < 1.29 is 14.6 Å². The van der Waals surface area contributed by atoms with Crippen LogP contribution in [-0.4, -0.2) is 23.2 Å². The van der Waals surface area contributed by atoms with Gasteiger partial charge < -0.3 is 9.84 Å². The average Bonchev–Trinajstić information content (AvgIpc) is 2.54. The lowest BCUT2D eigenvalue weighted by molar-refractivity contribution is -0.142. The number of hydrogen-bond acceptors (Lipinski definition) is 3. The summed E-state index contributed by atoms with van der Waals surface area (Å²) in [6, 6.07) is 10.0. The summed E-state index contributed by atoms with van der Waals surface area (Å²) in [5, 5.41) is 10.1. The van der Waals surface area contributed by atoms with Crippen molar-refractivity contribution in [3.63, 3.8) is 0 Å². The van der Waals surface area contributed by atoms with Crippen LogP contribution in [-0.2, 0) is 4.79 Å². The zero-order valence-corrected chi connectivity index (χ0v) is 12.1. The highest BCUT2D eigenvalue weighted by atomic mass is 16.5. The molecule has 4 nitrogen and oxygen atoms in total. The molecule has 0 amide bonds. The van der Waals surface area contributed by atoms with Crippen LogP contribution in [0.1, 0.15) is 37.3 Å². The molecule has 0 radical (unpaired) electrons. The standard InChI is InChI=1S/C17H19NO3/c1-21-14-7-9-16-13(10-14)6-8-15(18-16)11-2-4-12(5-3-11)17(19)20/h6-12H,2-5H2,1H3,(H,19,20). The summed E-state index contributed by atoms with van der Waals surface area (Å²) in [6.45, 7) is 0. The van der Waals surface area contributed by atoms with Crippen molar-refractivity contribution in [2.24, 2.45) is 5.92 Å². The molecule has 21 heavy (non-hydrogen) atoms. The molecule has 1 saturated carbocycles. The predicted octanol–water partition coefficient (Wildman–Crippen LogP) is 3.60. The molecule has 1 aliphatic rings. The van der Waals surface area contributed by atoms with Crippen LogP contribution in [0.2, 0.25) is 0 Å². The first kappa shape index (κ1) is 13.9. The SMILES string of the molecule is COc1ccc2nc(C3CCC(C(=O)O)CC3)ccc2c1.